The Morgan fingerprint density at radius 1 is 1.07 bits per heavy atom. The molecule has 0 aromatic carbocycles. The van der Waals surface area contributed by atoms with Crippen LogP contribution in [0.15, 0.2) is 6.07 Å². The third-order valence-electron chi connectivity index (χ3n) is 6.33. The second-order valence-corrected chi connectivity index (χ2v) is 8.37. The highest BCUT2D eigenvalue weighted by Gasteiger charge is 2.30. The molecule has 8 heteroatoms. The average Bonchev–Trinajstić information content (AvgIpc) is 3.13. The van der Waals surface area contributed by atoms with Crippen molar-refractivity contribution in [1.82, 2.24) is 14.9 Å². The zero-order valence-corrected chi connectivity index (χ0v) is 18.5. The maximum atomic E-state index is 5.98. The van der Waals surface area contributed by atoms with Crippen molar-refractivity contribution in [2.45, 2.75) is 57.1 Å². The third kappa shape index (κ3) is 5.70. The van der Waals surface area contributed by atoms with Crippen LogP contribution in [0.2, 0.25) is 0 Å². The normalized spacial score (nSPS) is 25.7. The van der Waals surface area contributed by atoms with E-state index in [2.05, 4.69) is 15.9 Å². The fourth-order valence-electron chi connectivity index (χ4n) is 4.69. The van der Waals surface area contributed by atoms with Gasteiger partial charge in [0.25, 0.3) is 0 Å². The first-order valence-corrected chi connectivity index (χ1v) is 10.3. The van der Waals surface area contributed by atoms with Gasteiger partial charge in [0.15, 0.2) is 5.82 Å². The molecular weight excluding hydrogens is 397 g/mol. The van der Waals surface area contributed by atoms with Gasteiger partial charge in [-0.1, -0.05) is 12.8 Å². The van der Waals surface area contributed by atoms with Crippen molar-refractivity contribution in [1.29, 1.82) is 0 Å². The number of ether oxygens (including phenoxy) is 1. The van der Waals surface area contributed by atoms with E-state index in [1.165, 1.54) is 32.2 Å². The van der Waals surface area contributed by atoms with Gasteiger partial charge < -0.3 is 15.4 Å². The molecule has 0 bridgehead atoms. The molecule has 6 nitrogen and oxygen atoms in total. The molecule has 1 saturated heterocycles. The van der Waals surface area contributed by atoms with E-state index >= 15 is 0 Å². The van der Waals surface area contributed by atoms with Crippen molar-refractivity contribution in [2.75, 3.05) is 44.7 Å². The number of hydrogen-bond donors (Lipinski definition) is 1. The fraction of sp³-hybridized carbons (Fsp3) is 0.800. The Balaban J connectivity index is 0.00000140. The average molecular weight is 432 g/mol. The van der Waals surface area contributed by atoms with E-state index in [1.807, 2.05) is 0 Å². The van der Waals surface area contributed by atoms with Crippen LogP contribution < -0.4 is 10.6 Å². The highest BCUT2D eigenvalue weighted by atomic mass is 35.5. The summed E-state index contributed by atoms with van der Waals surface area (Å²) in [6.45, 7) is 6.16. The van der Waals surface area contributed by atoms with Crippen LogP contribution in [-0.2, 0) is 11.3 Å². The molecular formula is C20H35Cl2N5O. The Morgan fingerprint density at radius 2 is 1.75 bits per heavy atom. The van der Waals surface area contributed by atoms with Gasteiger partial charge in [-0.2, -0.15) is 0 Å². The van der Waals surface area contributed by atoms with Crippen molar-refractivity contribution < 1.29 is 4.74 Å². The lowest BCUT2D eigenvalue weighted by Gasteiger charge is -2.37. The summed E-state index contributed by atoms with van der Waals surface area (Å²) in [5.41, 5.74) is 7.13. The molecule has 1 aliphatic heterocycles. The molecule has 0 amide bonds. The molecule has 4 rings (SSSR count). The van der Waals surface area contributed by atoms with E-state index in [0.29, 0.717) is 18.6 Å². The molecule has 2 saturated carbocycles. The summed E-state index contributed by atoms with van der Waals surface area (Å²) in [6, 6.07) is 2.53. The van der Waals surface area contributed by atoms with Gasteiger partial charge in [0.05, 0.1) is 0 Å². The zero-order chi connectivity index (χ0) is 17.9. The maximum Gasteiger partial charge on any atom is 0.156 e. The van der Waals surface area contributed by atoms with Crippen LogP contribution in [0.25, 0.3) is 0 Å². The molecule has 0 unspecified atom stereocenters. The molecule has 28 heavy (non-hydrogen) atoms. The first-order chi connectivity index (χ1) is 12.7. The van der Waals surface area contributed by atoms with Crippen molar-refractivity contribution in [3.63, 3.8) is 0 Å². The molecule has 160 valence electrons. The summed E-state index contributed by atoms with van der Waals surface area (Å²) in [6.07, 6.45) is 7.80. The number of nitrogens with zero attached hydrogens (tertiary/aromatic N) is 4. The standard InChI is InChI=1S/C20H33N5O.2ClH/c1-26-14-19-22-18(16-10-17(21)11-16)12-20(23-19)25-8-6-24(7-9-25)13-15-4-2-3-5-15;;/h12,15-17H,2-11,13-14,21H2,1H3;2*1H. The van der Waals surface area contributed by atoms with Gasteiger partial charge in [-0.25, -0.2) is 9.97 Å². The summed E-state index contributed by atoms with van der Waals surface area (Å²) in [5.74, 6) is 3.30. The number of halogens is 2. The van der Waals surface area contributed by atoms with Gasteiger partial charge in [0.2, 0.25) is 0 Å². The van der Waals surface area contributed by atoms with E-state index < -0.39 is 0 Å². The summed E-state index contributed by atoms with van der Waals surface area (Å²) < 4.78 is 5.29. The summed E-state index contributed by atoms with van der Waals surface area (Å²) in [5, 5.41) is 0. The first-order valence-electron chi connectivity index (χ1n) is 10.3. The minimum absolute atomic E-state index is 0. The molecule has 2 aliphatic carbocycles. The van der Waals surface area contributed by atoms with Crippen LogP contribution in [-0.4, -0.2) is 60.7 Å². The zero-order valence-electron chi connectivity index (χ0n) is 16.9. The molecule has 3 aliphatic rings. The molecule has 0 spiro atoms. The second-order valence-electron chi connectivity index (χ2n) is 8.37. The minimum atomic E-state index is 0. The molecule has 1 aromatic rings. The highest BCUT2D eigenvalue weighted by Crippen LogP contribution is 2.36. The van der Waals surface area contributed by atoms with Crippen molar-refractivity contribution in [2.24, 2.45) is 11.7 Å². The van der Waals surface area contributed by atoms with Crippen molar-refractivity contribution >= 4 is 30.6 Å². The van der Waals surface area contributed by atoms with Crippen LogP contribution in [0.3, 0.4) is 0 Å². The second kappa shape index (κ2) is 10.9. The Bertz CT molecular complexity index is 600. The van der Waals surface area contributed by atoms with E-state index in [9.17, 15) is 0 Å². The molecule has 3 fully saturated rings. The third-order valence-corrected chi connectivity index (χ3v) is 6.33. The predicted molar refractivity (Wildman–Crippen MR) is 118 cm³/mol. The topological polar surface area (TPSA) is 67.5 Å². The van der Waals surface area contributed by atoms with Crippen LogP contribution in [0.4, 0.5) is 5.82 Å². The Kier molecular flexibility index (Phi) is 9.22. The summed E-state index contributed by atoms with van der Waals surface area (Å²) in [7, 11) is 1.71. The Morgan fingerprint density at radius 3 is 2.36 bits per heavy atom. The number of nitrogens with two attached hydrogens (primary N) is 1. The number of piperazine rings is 1. The number of hydrogen-bond acceptors (Lipinski definition) is 6. The highest BCUT2D eigenvalue weighted by molar-refractivity contribution is 5.85. The fourth-order valence-corrected chi connectivity index (χ4v) is 4.69. The molecule has 0 radical (unpaired) electrons. The lowest BCUT2D eigenvalue weighted by atomic mass is 9.78. The molecule has 2 N–H and O–H groups in total. The molecule has 1 aromatic heterocycles. The van der Waals surface area contributed by atoms with Crippen LogP contribution >= 0.6 is 24.8 Å². The van der Waals surface area contributed by atoms with Crippen LogP contribution in [0.5, 0.6) is 0 Å². The SMILES string of the molecule is COCc1nc(C2CC(N)C2)cc(N2CCN(CC3CCCC3)CC2)n1.Cl.Cl. The van der Waals surface area contributed by atoms with Gasteiger partial charge in [0, 0.05) is 63.6 Å². The van der Waals surface area contributed by atoms with E-state index in [1.54, 1.807) is 7.11 Å². The van der Waals surface area contributed by atoms with Crippen LogP contribution in [0.1, 0.15) is 56.0 Å². The Hall–Kier alpha value is -0.660. The van der Waals surface area contributed by atoms with Gasteiger partial charge in [-0.3, -0.25) is 4.90 Å². The van der Waals surface area contributed by atoms with E-state index in [-0.39, 0.29) is 24.8 Å². The van der Waals surface area contributed by atoms with Crippen molar-refractivity contribution in [3.05, 3.63) is 17.6 Å². The lowest BCUT2D eigenvalue weighted by molar-refractivity contribution is 0.177. The molecule has 0 atom stereocenters. The summed E-state index contributed by atoms with van der Waals surface area (Å²) >= 11 is 0. The van der Waals surface area contributed by atoms with E-state index in [4.69, 9.17) is 20.4 Å². The van der Waals surface area contributed by atoms with Gasteiger partial charge in [0.1, 0.15) is 12.4 Å². The lowest BCUT2D eigenvalue weighted by Crippen LogP contribution is -2.48. The predicted octanol–water partition coefficient (Wildman–Crippen LogP) is 2.98. The number of rotatable bonds is 6. The number of methoxy groups -OCH3 is 1. The number of aromatic nitrogens is 2. The largest absolute Gasteiger partial charge is 0.377 e. The van der Waals surface area contributed by atoms with Gasteiger partial charge in [-0.05, 0) is 31.6 Å². The maximum absolute atomic E-state index is 5.98. The first kappa shape index (κ1) is 23.6. The smallest absolute Gasteiger partial charge is 0.156 e. The summed E-state index contributed by atoms with van der Waals surface area (Å²) in [4.78, 5) is 14.6. The van der Waals surface area contributed by atoms with Crippen molar-refractivity contribution in [3.8, 4) is 0 Å². The number of anilines is 1. The quantitative estimate of drug-likeness (QED) is 0.746. The molecule has 2 heterocycles. The van der Waals surface area contributed by atoms with Gasteiger partial charge in [-0.15, -0.1) is 24.8 Å². The van der Waals surface area contributed by atoms with E-state index in [0.717, 1.165) is 62.3 Å². The monoisotopic (exact) mass is 431 g/mol. The van der Waals surface area contributed by atoms with Crippen LogP contribution in [0, 0.1) is 5.92 Å². The minimum Gasteiger partial charge on any atom is -0.377 e. The van der Waals surface area contributed by atoms with Gasteiger partial charge >= 0.3 is 0 Å². The Labute approximate surface area is 181 Å².